The van der Waals surface area contributed by atoms with Crippen LogP contribution < -0.4 is 5.32 Å². The summed E-state index contributed by atoms with van der Waals surface area (Å²) in [5.41, 5.74) is 2.67. The van der Waals surface area contributed by atoms with E-state index in [-0.39, 0.29) is 23.0 Å². The first kappa shape index (κ1) is 22.0. The minimum atomic E-state index is -0.328. The molecule has 1 fully saturated rings. The van der Waals surface area contributed by atoms with E-state index in [0.29, 0.717) is 28.6 Å². The second-order valence-electron chi connectivity index (χ2n) is 9.06. The van der Waals surface area contributed by atoms with Crippen molar-refractivity contribution < 1.29 is 8.78 Å². The van der Waals surface area contributed by atoms with E-state index in [0.717, 1.165) is 43.0 Å². The number of hydrogen-bond donors (Lipinski definition) is 1. The quantitative estimate of drug-likeness (QED) is 0.314. The number of nitrogens with one attached hydrogen (secondary N) is 1. The number of rotatable bonds is 5. The molecule has 2 aromatic carbocycles. The number of fused-ring (bicyclic) bond motifs is 2. The lowest BCUT2D eigenvalue weighted by Gasteiger charge is -2.31. The van der Waals surface area contributed by atoms with E-state index in [4.69, 9.17) is 11.6 Å². The van der Waals surface area contributed by atoms with Crippen LogP contribution in [0.3, 0.4) is 0 Å². The van der Waals surface area contributed by atoms with Gasteiger partial charge in [0.1, 0.15) is 17.5 Å². The molecule has 1 atom stereocenters. The Bertz CT molecular complexity index is 1300. The molecule has 5 rings (SSSR count). The van der Waals surface area contributed by atoms with Crippen molar-refractivity contribution in [2.45, 2.75) is 51.0 Å². The predicted octanol–water partition coefficient (Wildman–Crippen LogP) is 7.27. The predicted molar refractivity (Wildman–Crippen MR) is 129 cm³/mol. The Balaban J connectivity index is 1.25. The van der Waals surface area contributed by atoms with Crippen LogP contribution >= 0.6 is 11.6 Å². The van der Waals surface area contributed by atoms with Gasteiger partial charge in [-0.15, -0.1) is 0 Å². The van der Waals surface area contributed by atoms with Crippen LogP contribution in [0.5, 0.6) is 0 Å². The molecule has 1 saturated carbocycles. The van der Waals surface area contributed by atoms with Gasteiger partial charge in [0, 0.05) is 23.0 Å². The Kier molecular flexibility index (Phi) is 6.11. The molecular weight excluding hydrogens is 442 g/mol. The Morgan fingerprint density at radius 3 is 2.39 bits per heavy atom. The van der Waals surface area contributed by atoms with Crippen LogP contribution in [0.4, 0.5) is 14.6 Å². The number of pyridine rings is 1. The molecule has 2 heterocycles. The third kappa shape index (κ3) is 4.76. The number of benzene rings is 2. The second-order valence-corrected chi connectivity index (χ2v) is 9.40. The van der Waals surface area contributed by atoms with Crippen LogP contribution in [0.15, 0.2) is 48.7 Å². The van der Waals surface area contributed by atoms with Gasteiger partial charge in [-0.3, -0.25) is 4.98 Å². The van der Waals surface area contributed by atoms with Gasteiger partial charge in [-0.2, -0.15) is 0 Å². The molecule has 0 spiro atoms. The van der Waals surface area contributed by atoms with Gasteiger partial charge in [0.2, 0.25) is 5.28 Å². The molecule has 1 aliphatic rings. The van der Waals surface area contributed by atoms with Crippen molar-refractivity contribution in [3.8, 4) is 0 Å². The van der Waals surface area contributed by atoms with Gasteiger partial charge in [0.05, 0.1) is 11.0 Å². The van der Waals surface area contributed by atoms with Crippen molar-refractivity contribution in [3.63, 3.8) is 0 Å². The molecule has 1 unspecified atom stereocenters. The summed E-state index contributed by atoms with van der Waals surface area (Å²) < 4.78 is 27.6. The molecule has 170 valence electrons. The molecule has 2 aromatic heterocycles. The maximum absolute atomic E-state index is 13.8. The van der Waals surface area contributed by atoms with E-state index in [2.05, 4.69) is 27.2 Å². The van der Waals surface area contributed by atoms with Crippen molar-refractivity contribution >= 4 is 39.2 Å². The van der Waals surface area contributed by atoms with Gasteiger partial charge < -0.3 is 5.32 Å². The van der Waals surface area contributed by atoms with Crippen LogP contribution in [0.25, 0.3) is 21.8 Å². The number of halogens is 3. The van der Waals surface area contributed by atoms with Crippen LogP contribution in [0, 0.1) is 17.6 Å². The Labute approximate surface area is 196 Å². The highest BCUT2D eigenvalue weighted by Crippen LogP contribution is 2.40. The molecule has 7 heteroatoms. The Morgan fingerprint density at radius 1 is 0.939 bits per heavy atom. The Morgan fingerprint density at radius 2 is 1.64 bits per heavy atom. The molecule has 0 saturated heterocycles. The fourth-order valence-electron chi connectivity index (χ4n) is 5.18. The first-order chi connectivity index (χ1) is 16.0. The number of anilines is 1. The first-order valence-corrected chi connectivity index (χ1v) is 11.8. The topological polar surface area (TPSA) is 50.7 Å². The third-order valence-corrected chi connectivity index (χ3v) is 6.89. The zero-order valence-electron chi connectivity index (χ0n) is 18.4. The SMILES string of the molecule is CC(CC1CCC(c2ccnc3ccc(F)cc23)CC1)Nc1nc(Cl)nc2ccc(F)cc12. The van der Waals surface area contributed by atoms with Gasteiger partial charge in [-0.1, -0.05) is 0 Å². The number of nitrogens with zero attached hydrogens (tertiary/aromatic N) is 3. The van der Waals surface area contributed by atoms with E-state index >= 15 is 0 Å². The normalized spacial score (nSPS) is 19.6. The molecule has 33 heavy (non-hydrogen) atoms. The van der Waals surface area contributed by atoms with Crippen molar-refractivity contribution in [1.29, 1.82) is 0 Å². The lowest BCUT2D eigenvalue weighted by atomic mass is 9.76. The van der Waals surface area contributed by atoms with Gasteiger partial charge in [-0.05, 0) is 110 Å². The third-order valence-electron chi connectivity index (χ3n) is 6.72. The Hall–Kier alpha value is -2.86. The summed E-state index contributed by atoms with van der Waals surface area (Å²) in [7, 11) is 0. The van der Waals surface area contributed by atoms with Crippen molar-refractivity contribution in [2.24, 2.45) is 5.92 Å². The minimum Gasteiger partial charge on any atom is -0.367 e. The molecule has 1 N–H and O–H groups in total. The van der Waals surface area contributed by atoms with Crippen LogP contribution in [-0.4, -0.2) is 21.0 Å². The zero-order valence-corrected chi connectivity index (χ0v) is 19.1. The maximum Gasteiger partial charge on any atom is 0.224 e. The number of hydrogen-bond acceptors (Lipinski definition) is 4. The molecule has 0 radical (unpaired) electrons. The maximum atomic E-state index is 13.8. The standard InChI is InChI=1S/C26H25ClF2N4/c1-15(31-25-22-14-19(29)7-9-24(22)32-26(27)33-25)12-16-2-4-17(5-3-16)20-10-11-30-23-8-6-18(28)13-21(20)23/h6-11,13-17H,2-5,12H2,1H3,(H,31,32,33). The largest absolute Gasteiger partial charge is 0.367 e. The molecule has 0 amide bonds. The zero-order chi connectivity index (χ0) is 22.9. The van der Waals surface area contributed by atoms with Crippen molar-refractivity contribution in [3.05, 3.63) is 71.1 Å². The minimum absolute atomic E-state index is 0.144. The summed E-state index contributed by atoms with van der Waals surface area (Å²) in [6, 6.07) is 11.4. The van der Waals surface area contributed by atoms with Crippen LogP contribution in [0.1, 0.15) is 50.5 Å². The molecular formula is C26H25ClF2N4. The lowest BCUT2D eigenvalue weighted by molar-refractivity contribution is 0.302. The summed E-state index contributed by atoms with van der Waals surface area (Å²) in [6.07, 6.45) is 7.16. The van der Waals surface area contributed by atoms with Gasteiger partial charge in [-0.25, -0.2) is 18.7 Å². The van der Waals surface area contributed by atoms with Crippen molar-refractivity contribution in [2.75, 3.05) is 5.32 Å². The summed E-state index contributed by atoms with van der Waals surface area (Å²) in [5.74, 6) is 1.02. The summed E-state index contributed by atoms with van der Waals surface area (Å²) in [4.78, 5) is 12.9. The van der Waals surface area contributed by atoms with E-state index < -0.39 is 0 Å². The molecule has 4 nitrogen and oxygen atoms in total. The van der Waals surface area contributed by atoms with Crippen molar-refractivity contribution in [1.82, 2.24) is 15.0 Å². The monoisotopic (exact) mass is 466 g/mol. The van der Waals surface area contributed by atoms with E-state index in [9.17, 15) is 8.78 Å². The van der Waals surface area contributed by atoms with Gasteiger partial charge >= 0.3 is 0 Å². The van der Waals surface area contributed by atoms with E-state index in [1.807, 2.05) is 12.3 Å². The molecule has 0 bridgehead atoms. The van der Waals surface area contributed by atoms with E-state index in [1.54, 1.807) is 18.2 Å². The average Bonchev–Trinajstić information content (AvgIpc) is 2.79. The smallest absolute Gasteiger partial charge is 0.224 e. The molecule has 0 aliphatic heterocycles. The summed E-state index contributed by atoms with van der Waals surface area (Å²) in [5, 5.41) is 5.12. The van der Waals surface area contributed by atoms with E-state index in [1.165, 1.54) is 23.8 Å². The van der Waals surface area contributed by atoms with Gasteiger partial charge in [0.25, 0.3) is 0 Å². The lowest BCUT2D eigenvalue weighted by Crippen LogP contribution is -2.23. The van der Waals surface area contributed by atoms with Crippen LogP contribution in [0.2, 0.25) is 5.28 Å². The molecule has 4 aromatic rings. The summed E-state index contributed by atoms with van der Waals surface area (Å²) in [6.45, 7) is 2.12. The second kappa shape index (κ2) is 9.18. The highest BCUT2D eigenvalue weighted by molar-refractivity contribution is 6.28. The first-order valence-electron chi connectivity index (χ1n) is 11.4. The average molecular weight is 467 g/mol. The van der Waals surface area contributed by atoms with Crippen LogP contribution in [-0.2, 0) is 0 Å². The highest BCUT2D eigenvalue weighted by Gasteiger charge is 2.25. The fraction of sp³-hybridized carbons (Fsp3) is 0.346. The summed E-state index contributed by atoms with van der Waals surface area (Å²) >= 11 is 6.08. The molecule has 1 aliphatic carbocycles. The highest BCUT2D eigenvalue weighted by atomic mass is 35.5. The van der Waals surface area contributed by atoms with Gasteiger partial charge in [0.15, 0.2) is 0 Å². The number of aromatic nitrogens is 3. The fourth-order valence-corrected chi connectivity index (χ4v) is 5.36.